The molecule has 0 spiro atoms. The summed E-state index contributed by atoms with van der Waals surface area (Å²) in [6, 6.07) is 3.47. The minimum absolute atomic E-state index is 0.151. The minimum Gasteiger partial charge on any atom is -0.388 e. The van der Waals surface area contributed by atoms with E-state index in [9.17, 15) is 9.90 Å². The average molecular weight is 317 g/mol. The van der Waals surface area contributed by atoms with Gasteiger partial charge in [-0.15, -0.1) is 0 Å². The van der Waals surface area contributed by atoms with Crippen molar-refractivity contribution in [2.45, 2.75) is 18.9 Å². The van der Waals surface area contributed by atoms with Gasteiger partial charge in [-0.05, 0) is 35.0 Å². The Morgan fingerprint density at radius 3 is 3.00 bits per heavy atom. The molecule has 0 aliphatic rings. The highest BCUT2D eigenvalue weighted by atomic mass is 79.9. The first-order valence-corrected chi connectivity index (χ1v) is 6.35. The molecule has 0 radical (unpaired) electrons. The fourth-order valence-electron chi connectivity index (χ4n) is 1.32. The summed E-state index contributed by atoms with van der Waals surface area (Å²) in [5, 5.41) is 12.6. The number of pyridine rings is 1. The predicted molar refractivity (Wildman–Crippen MR) is 71.4 cm³/mol. The highest BCUT2D eigenvalue weighted by Gasteiger charge is 2.22. The van der Waals surface area contributed by atoms with Gasteiger partial charge in [-0.25, -0.2) is 4.98 Å². The van der Waals surface area contributed by atoms with E-state index in [0.29, 0.717) is 23.2 Å². The highest BCUT2D eigenvalue weighted by molar-refractivity contribution is 9.10. The maximum atomic E-state index is 11.8. The number of nitrogens with zero attached hydrogens (tertiary/aromatic N) is 1. The van der Waals surface area contributed by atoms with E-state index >= 15 is 0 Å². The molecule has 0 fully saturated rings. The van der Waals surface area contributed by atoms with E-state index in [-0.39, 0.29) is 12.5 Å². The Bertz CT molecular complexity index is 410. The van der Waals surface area contributed by atoms with E-state index in [1.165, 1.54) is 0 Å². The van der Waals surface area contributed by atoms with E-state index in [1.54, 1.807) is 32.4 Å². The van der Waals surface area contributed by atoms with E-state index < -0.39 is 5.60 Å². The van der Waals surface area contributed by atoms with Crippen LogP contribution in [0.25, 0.3) is 0 Å². The van der Waals surface area contributed by atoms with Crippen molar-refractivity contribution in [1.82, 2.24) is 10.3 Å². The maximum Gasteiger partial charge on any atom is 0.271 e. The van der Waals surface area contributed by atoms with Crippen molar-refractivity contribution in [2.75, 3.05) is 20.3 Å². The van der Waals surface area contributed by atoms with Crippen molar-refractivity contribution in [1.29, 1.82) is 0 Å². The topological polar surface area (TPSA) is 71.5 Å². The number of ether oxygens (including phenoxy) is 1. The summed E-state index contributed by atoms with van der Waals surface area (Å²) < 4.78 is 5.52. The fraction of sp³-hybridized carbons (Fsp3) is 0.500. The van der Waals surface area contributed by atoms with Crippen LogP contribution in [0.3, 0.4) is 0 Å². The van der Waals surface area contributed by atoms with Crippen LogP contribution in [0.15, 0.2) is 22.8 Å². The normalized spacial score (nSPS) is 14.0. The van der Waals surface area contributed by atoms with Crippen molar-refractivity contribution in [3.05, 3.63) is 28.5 Å². The van der Waals surface area contributed by atoms with Crippen LogP contribution in [-0.2, 0) is 4.74 Å². The van der Waals surface area contributed by atoms with E-state index in [1.807, 2.05) is 0 Å². The number of hydrogen-bond donors (Lipinski definition) is 2. The second-order valence-electron chi connectivity index (χ2n) is 4.26. The number of aromatic nitrogens is 1. The quantitative estimate of drug-likeness (QED) is 0.831. The lowest BCUT2D eigenvalue weighted by atomic mass is 10.0. The first-order valence-electron chi connectivity index (χ1n) is 5.56. The minimum atomic E-state index is -0.993. The summed E-state index contributed by atoms with van der Waals surface area (Å²) in [4.78, 5) is 15.8. The molecule has 1 heterocycles. The van der Waals surface area contributed by atoms with Crippen molar-refractivity contribution in [3.8, 4) is 0 Å². The van der Waals surface area contributed by atoms with Crippen LogP contribution in [0.5, 0.6) is 0 Å². The van der Waals surface area contributed by atoms with Crippen LogP contribution in [0, 0.1) is 0 Å². The predicted octanol–water partition coefficient (Wildman–Crippen LogP) is 1.36. The second-order valence-corrected chi connectivity index (χ2v) is 5.11. The molecule has 0 aromatic carbocycles. The molecule has 0 aliphatic heterocycles. The van der Waals surface area contributed by atoms with Crippen molar-refractivity contribution < 1.29 is 14.6 Å². The zero-order valence-corrected chi connectivity index (χ0v) is 12.0. The standard InChI is InChI=1S/C12H17BrN2O3/c1-12(17,5-7-18-2)8-15-11(16)10-9(13)4-3-6-14-10/h3-4,6,17H,5,7-8H2,1-2H3,(H,15,16). The molecule has 18 heavy (non-hydrogen) atoms. The first kappa shape index (κ1) is 15.1. The Balaban J connectivity index is 2.54. The third-order valence-electron chi connectivity index (χ3n) is 2.45. The van der Waals surface area contributed by atoms with Gasteiger partial charge in [0.05, 0.1) is 5.60 Å². The van der Waals surface area contributed by atoms with Gasteiger partial charge in [0.1, 0.15) is 5.69 Å². The number of hydrogen-bond acceptors (Lipinski definition) is 4. The highest BCUT2D eigenvalue weighted by Crippen LogP contribution is 2.13. The Hall–Kier alpha value is -0.980. The molecular formula is C12H17BrN2O3. The van der Waals surface area contributed by atoms with Crippen LogP contribution in [-0.4, -0.2) is 41.9 Å². The number of carbonyl (C=O) groups is 1. The van der Waals surface area contributed by atoms with Crippen LogP contribution in [0.1, 0.15) is 23.8 Å². The van der Waals surface area contributed by atoms with Gasteiger partial charge in [0.2, 0.25) is 0 Å². The van der Waals surface area contributed by atoms with E-state index in [2.05, 4.69) is 26.2 Å². The number of carbonyl (C=O) groups excluding carboxylic acids is 1. The molecule has 6 heteroatoms. The smallest absolute Gasteiger partial charge is 0.271 e. The Labute approximate surface area is 115 Å². The molecule has 5 nitrogen and oxygen atoms in total. The zero-order valence-electron chi connectivity index (χ0n) is 10.4. The van der Waals surface area contributed by atoms with Crippen molar-refractivity contribution in [2.24, 2.45) is 0 Å². The van der Waals surface area contributed by atoms with Gasteiger partial charge in [0.15, 0.2) is 0 Å². The fourth-order valence-corrected chi connectivity index (χ4v) is 1.75. The van der Waals surface area contributed by atoms with Gasteiger partial charge in [-0.2, -0.15) is 0 Å². The molecule has 1 aromatic rings. The Kier molecular flexibility index (Phi) is 5.71. The molecule has 0 saturated carbocycles. The van der Waals surface area contributed by atoms with Gasteiger partial charge in [0, 0.05) is 37.4 Å². The summed E-state index contributed by atoms with van der Waals surface area (Å²) >= 11 is 3.25. The summed E-state index contributed by atoms with van der Waals surface area (Å²) in [5.41, 5.74) is -0.688. The summed E-state index contributed by atoms with van der Waals surface area (Å²) in [6.45, 7) is 2.24. The zero-order chi connectivity index (χ0) is 13.6. The lowest BCUT2D eigenvalue weighted by molar-refractivity contribution is 0.0243. The number of amides is 1. The number of halogens is 1. The molecule has 1 unspecified atom stereocenters. The molecule has 1 atom stereocenters. The molecule has 0 bridgehead atoms. The van der Waals surface area contributed by atoms with Gasteiger partial charge in [-0.3, -0.25) is 4.79 Å². The largest absolute Gasteiger partial charge is 0.388 e. The molecular weight excluding hydrogens is 300 g/mol. The van der Waals surface area contributed by atoms with Crippen LogP contribution in [0.4, 0.5) is 0 Å². The lowest BCUT2D eigenvalue weighted by Crippen LogP contribution is -2.41. The third-order valence-corrected chi connectivity index (χ3v) is 3.09. The first-order chi connectivity index (χ1) is 8.46. The third kappa shape index (κ3) is 4.72. The van der Waals surface area contributed by atoms with Gasteiger partial charge >= 0.3 is 0 Å². The SMILES string of the molecule is COCCC(C)(O)CNC(=O)c1ncccc1Br. The van der Waals surface area contributed by atoms with Crippen LogP contribution >= 0.6 is 15.9 Å². The van der Waals surface area contributed by atoms with Gasteiger partial charge in [0.25, 0.3) is 5.91 Å². The monoisotopic (exact) mass is 316 g/mol. The summed E-state index contributed by atoms with van der Waals surface area (Å²) in [6.07, 6.45) is 2.00. The van der Waals surface area contributed by atoms with E-state index in [0.717, 1.165) is 0 Å². The Morgan fingerprint density at radius 2 is 2.39 bits per heavy atom. The van der Waals surface area contributed by atoms with Crippen molar-refractivity contribution >= 4 is 21.8 Å². The number of nitrogens with one attached hydrogen (secondary N) is 1. The molecule has 1 amide bonds. The summed E-state index contributed by atoms with van der Waals surface area (Å²) in [7, 11) is 1.57. The molecule has 100 valence electrons. The van der Waals surface area contributed by atoms with E-state index in [4.69, 9.17) is 4.74 Å². The maximum absolute atomic E-state index is 11.8. The molecule has 1 rings (SSSR count). The summed E-state index contributed by atoms with van der Waals surface area (Å²) in [5.74, 6) is -0.319. The van der Waals surface area contributed by atoms with Crippen LogP contribution < -0.4 is 5.32 Å². The Morgan fingerprint density at radius 1 is 1.67 bits per heavy atom. The molecule has 0 aliphatic carbocycles. The molecule has 2 N–H and O–H groups in total. The molecule has 0 saturated heterocycles. The van der Waals surface area contributed by atoms with Gasteiger partial charge in [-0.1, -0.05) is 0 Å². The second kappa shape index (κ2) is 6.82. The number of rotatable bonds is 6. The number of aliphatic hydroxyl groups is 1. The number of methoxy groups -OCH3 is 1. The van der Waals surface area contributed by atoms with Gasteiger partial charge < -0.3 is 15.2 Å². The molecule has 1 aromatic heterocycles. The van der Waals surface area contributed by atoms with Crippen molar-refractivity contribution in [3.63, 3.8) is 0 Å². The lowest BCUT2D eigenvalue weighted by Gasteiger charge is -2.23. The van der Waals surface area contributed by atoms with Crippen LogP contribution in [0.2, 0.25) is 0 Å². The average Bonchev–Trinajstić information content (AvgIpc) is 2.34.